The van der Waals surface area contributed by atoms with Gasteiger partial charge in [0.15, 0.2) is 0 Å². The van der Waals surface area contributed by atoms with E-state index < -0.39 is 22.1 Å². The Kier molecular flexibility index (Phi) is 5.28. The van der Waals surface area contributed by atoms with E-state index in [-0.39, 0.29) is 16.0 Å². The van der Waals surface area contributed by atoms with Crippen molar-refractivity contribution in [1.82, 2.24) is 0 Å². The molecule has 0 aliphatic heterocycles. The third kappa shape index (κ3) is 4.27. The molecule has 0 radical (unpaired) electrons. The van der Waals surface area contributed by atoms with Crippen LogP contribution in [-0.4, -0.2) is 25.5 Å². The normalized spacial score (nSPS) is 11.0. The summed E-state index contributed by atoms with van der Waals surface area (Å²) in [6.07, 6.45) is 0. The maximum Gasteiger partial charge on any atom is 0.354 e. The van der Waals surface area contributed by atoms with Gasteiger partial charge in [-0.15, -0.1) is 0 Å². The first-order chi connectivity index (χ1) is 13.3. The zero-order valence-electron chi connectivity index (χ0n) is 14.8. The van der Waals surface area contributed by atoms with Crippen molar-refractivity contribution in [3.8, 4) is 11.1 Å². The molecular formula is C21H16O6S. The van der Waals surface area contributed by atoms with Crippen molar-refractivity contribution in [3.05, 3.63) is 89.5 Å². The topological polar surface area (TPSA) is 97.7 Å². The van der Waals surface area contributed by atoms with Crippen LogP contribution in [0.3, 0.4) is 0 Å². The second-order valence-corrected chi connectivity index (χ2v) is 7.65. The number of aryl methyl sites for hydroxylation is 1. The van der Waals surface area contributed by atoms with Gasteiger partial charge in [-0.25, -0.2) is 9.59 Å². The summed E-state index contributed by atoms with van der Waals surface area (Å²) in [5.74, 6) is -2.03. The predicted octanol–water partition coefficient (Wildman–Crippen LogP) is 3.91. The zero-order valence-corrected chi connectivity index (χ0v) is 15.6. The van der Waals surface area contributed by atoms with Crippen molar-refractivity contribution < 1.29 is 27.3 Å². The molecule has 0 amide bonds. The highest BCUT2D eigenvalue weighted by atomic mass is 32.2. The third-order valence-corrected chi connectivity index (χ3v) is 5.28. The summed E-state index contributed by atoms with van der Waals surface area (Å²) in [5.41, 5.74) is 2.39. The van der Waals surface area contributed by atoms with E-state index in [0.717, 1.165) is 5.56 Å². The van der Waals surface area contributed by atoms with Gasteiger partial charge in [-0.05, 0) is 54.4 Å². The average molecular weight is 396 g/mol. The molecule has 6 nitrogen and oxygen atoms in total. The fourth-order valence-corrected chi connectivity index (χ4v) is 3.39. The molecule has 142 valence electrons. The molecule has 28 heavy (non-hydrogen) atoms. The van der Waals surface area contributed by atoms with E-state index in [1.54, 1.807) is 36.4 Å². The SMILES string of the molecule is Cc1ccc(S(=O)(=O)OC(=O)c2cccc(-c3ccc(C(=O)O)cc3)c2)cc1. The van der Waals surface area contributed by atoms with Gasteiger partial charge in [-0.1, -0.05) is 42.0 Å². The van der Waals surface area contributed by atoms with Crippen molar-refractivity contribution >= 4 is 22.1 Å². The molecule has 0 saturated carbocycles. The Balaban J connectivity index is 1.84. The smallest absolute Gasteiger partial charge is 0.354 e. The molecule has 1 N–H and O–H groups in total. The molecule has 0 bridgehead atoms. The first kappa shape index (κ1) is 19.3. The second-order valence-electron chi connectivity index (χ2n) is 6.10. The van der Waals surface area contributed by atoms with Gasteiger partial charge in [0.25, 0.3) is 0 Å². The Morgan fingerprint density at radius 3 is 2.07 bits per heavy atom. The standard InChI is InChI=1S/C21H16O6S/c1-14-5-11-19(12-6-14)28(25,26)27-21(24)18-4-2-3-17(13-18)15-7-9-16(10-8-15)20(22)23/h2-13H,1H3,(H,22,23). The lowest BCUT2D eigenvalue weighted by Gasteiger charge is -2.08. The molecule has 0 aromatic heterocycles. The Morgan fingerprint density at radius 2 is 1.46 bits per heavy atom. The number of aromatic carboxylic acids is 1. The number of hydrogen-bond donors (Lipinski definition) is 1. The molecule has 0 aliphatic rings. The molecular weight excluding hydrogens is 380 g/mol. The van der Waals surface area contributed by atoms with Gasteiger partial charge in [0, 0.05) is 0 Å². The Bertz CT molecular complexity index is 1130. The van der Waals surface area contributed by atoms with Gasteiger partial charge in [-0.3, -0.25) is 0 Å². The largest absolute Gasteiger partial charge is 0.478 e. The lowest BCUT2D eigenvalue weighted by Crippen LogP contribution is -2.13. The van der Waals surface area contributed by atoms with E-state index in [1.807, 2.05) is 6.92 Å². The summed E-state index contributed by atoms with van der Waals surface area (Å²) in [6.45, 7) is 1.82. The van der Waals surface area contributed by atoms with Crippen molar-refractivity contribution in [2.45, 2.75) is 11.8 Å². The van der Waals surface area contributed by atoms with E-state index >= 15 is 0 Å². The summed E-state index contributed by atoms with van der Waals surface area (Å²) in [7, 11) is -4.23. The average Bonchev–Trinajstić information content (AvgIpc) is 2.68. The van der Waals surface area contributed by atoms with Crippen molar-refractivity contribution in [3.63, 3.8) is 0 Å². The van der Waals surface area contributed by atoms with Gasteiger partial charge in [0.2, 0.25) is 0 Å². The summed E-state index contributed by atoms with van der Waals surface area (Å²) >= 11 is 0. The third-order valence-electron chi connectivity index (χ3n) is 4.06. The summed E-state index contributed by atoms with van der Waals surface area (Å²) < 4.78 is 29.3. The molecule has 3 aromatic rings. The first-order valence-electron chi connectivity index (χ1n) is 8.25. The lowest BCUT2D eigenvalue weighted by molar-refractivity contribution is 0.0694. The second kappa shape index (κ2) is 7.66. The van der Waals surface area contributed by atoms with Gasteiger partial charge >= 0.3 is 22.1 Å². The molecule has 3 aromatic carbocycles. The molecule has 0 aliphatic carbocycles. The number of hydrogen-bond acceptors (Lipinski definition) is 5. The minimum absolute atomic E-state index is 0.0653. The number of carbonyl (C=O) groups excluding carboxylic acids is 1. The minimum atomic E-state index is -4.23. The number of benzene rings is 3. The first-order valence-corrected chi connectivity index (χ1v) is 9.66. The predicted molar refractivity (Wildman–Crippen MR) is 103 cm³/mol. The number of rotatable bonds is 5. The minimum Gasteiger partial charge on any atom is -0.478 e. The van der Waals surface area contributed by atoms with Crippen LogP contribution in [0, 0.1) is 6.92 Å². The number of carbonyl (C=O) groups is 2. The molecule has 0 saturated heterocycles. The fraction of sp³-hybridized carbons (Fsp3) is 0.0476. The van der Waals surface area contributed by atoms with E-state index in [2.05, 4.69) is 0 Å². The van der Waals surface area contributed by atoms with Crippen molar-refractivity contribution in [2.75, 3.05) is 0 Å². The van der Waals surface area contributed by atoms with Crippen LogP contribution in [0.25, 0.3) is 11.1 Å². The van der Waals surface area contributed by atoms with E-state index in [0.29, 0.717) is 11.1 Å². The van der Waals surface area contributed by atoms with Crippen molar-refractivity contribution in [2.24, 2.45) is 0 Å². The van der Waals surface area contributed by atoms with Crippen LogP contribution in [0.15, 0.2) is 77.7 Å². The Morgan fingerprint density at radius 1 is 0.821 bits per heavy atom. The van der Waals surface area contributed by atoms with Crippen LogP contribution < -0.4 is 0 Å². The van der Waals surface area contributed by atoms with E-state index in [1.165, 1.54) is 36.4 Å². The Labute approximate surface area is 162 Å². The van der Waals surface area contributed by atoms with Crippen LogP contribution >= 0.6 is 0 Å². The molecule has 3 rings (SSSR count). The van der Waals surface area contributed by atoms with Gasteiger partial charge < -0.3 is 9.29 Å². The van der Waals surface area contributed by atoms with Crippen LogP contribution in [-0.2, 0) is 14.3 Å². The van der Waals surface area contributed by atoms with Crippen molar-refractivity contribution in [1.29, 1.82) is 0 Å². The summed E-state index contributed by atoms with van der Waals surface area (Å²) in [5, 5.41) is 8.96. The zero-order chi connectivity index (χ0) is 20.3. The Hall–Kier alpha value is -3.45. The molecule has 0 unspecified atom stereocenters. The molecule has 0 atom stereocenters. The quantitative estimate of drug-likeness (QED) is 0.657. The molecule has 0 spiro atoms. The van der Waals surface area contributed by atoms with Crippen LogP contribution in [0.1, 0.15) is 26.3 Å². The van der Waals surface area contributed by atoms with Gasteiger partial charge in [0.1, 0.15) is 4.90 Å². The lowest BCUT2D eigenvalue weighted by atomic mass is 10.0. The summed E-state index contributed by atoms with van der Waals surface area (Å²) in [4.78, 5) is 23.2. The maximum atomic E-state index is 12.3. The summed E-state index contributed by atoms with van der Waals surface area (Å²) in [6, 6.07) is 18.3. The highest BCUT2D eigenvalue weighted by molar-refractivity contribution is 7.87. The molecule has 0 heterocycles. The van der Waals surface area contributed by atoms with Gasteiger partial charge in [-0.2, -0.15) is 8.42 Å². The van der Waals surface area contributed by atoms with Crippen LogP contribution in [0.2, 0.25) is 0 Å². The van der Waals surface area contributed by atoms with Crippen LogP contribution in [0.5, 0.6) is 0 Å². The van der Waals surface area contributed by atoms with E-state index in [9.17, 15) is 18.0 Å². The van der Waals surface area contributed by atoms with Gasteiger partial charge in [0.05, 0.1) is 11.1 Å². The highest BCUT2D eigenvalue weighted by Crippen LogP contribution is 2.22. The number of carboxylic acids is 1. The maximum absolute atomic E-state index is 12.3. The number of carboxylic acid groups (broad SMARTS) is 1. The fourth-order valence-electron chi connectivity index (χ4n) is 2.53. The molecule has 7 heteroatoms. The highest BCUT2D eigenvalue weighted by Gasteiger charge is 2.21. The van der Waals surface area contributed by atoms with E-state index in [4.69, 9.17) is 9.29 Å². The molecule has 0 fully saturated rings. The van der Waals surface area contributed by atoms with Crippen LogP contribution in [0.4, 0.5) is 0 Å². The monoisotopic (exact) mass is 396 g/mol.